The van der Waals surface area contributed by atoms with Gasteiger partial charge in [0, 0.05) is 6.54 Å². The Balaban J connectivity index is 2.08. The fourth-order valence-corrected chi connectivity index (χ4v) is 3.02. The van der Waals surface area contributed by atoms with Gasteiger partial charge in [0.05, 0.1) is 0 Å². The fraction of sp³-hybridized carbons (Fsp3) is 0.857. The van der Waals surface area contributed by atoms with Gasteiger partial charge in [-0.2, -0.15) is 0 Å². The van der Waals surface area contributed by atoms with E-state index >= 15 is 0 Å². The molecular weight excluding hydrogens is 228 g/mol. The Morgan fingerprint density at radius 3 is 2.44 bits per heavy atom. The average Bonchev–Trinajstić information content (AvgIpc) is 2.81. The number of rotatable bonds is 3. The molecule has 0 bridgehead atoms. The minimum Gasteiger partial charge on any atom is -0.342 e. The van der Waals surface area contributed by atoms with Crippen LogP contribution in [0.25, 0.3) is 0 Å². The van der Waals surface area contributed by atoms with Crippen LogP contribution in [0.15, 0.2) is 0 Å². The summed E-state index contributed by atoms with van der Waals surface area (Å²) in [6.45, 7) is 6.55. The molecule has 4 heteroatoms. The molecule has 2 rings (SSSR count). The molecule has 4 nitrogen and oxygen atoms in total. The van der Waals surface area contributed by atoms with Gasteiger partial charge in [-0.25, -0.2) is 0 Å². The standard InChI is InChI=1S/C14H24N2O2/c1-9(2)12-14(18)16(10(3)13(17)15-12)8-11-6-4-5-7-11/h9-12H,4-8H2,1-3H3,(H,15,17). The lowest BCUT2D eigenvalue weighted by molar-refractivity contribution is -0.150. The molecule has 0 aromatic rings. The summed E-state index contributed by atoms with van der Waals surface area (Å²) >= 11 is 0. The Labute approximate surface area is 109 Å². The van der Waals surface area contributed by atoms with E-state index in [2.05, 4.69) is 5.32 Å². The van der Waals surface area contributed by atoms with Gasteiger partial charge in [-0.1, -0.05) is 26.7 Å². The van der Waals surface area contributed by atoms with Crippen LogP contribution in [0.5, 0.6) is 0 Å². The highest BCUT2D eigenvalue weighted by Gasteiger charge is 2.40. The Morgan fingerprint density at radius 1 is 1.28 bits per heavy atom. The van der Waals surface area contributed by atoms with Crippen LogP contribution >= 0.6 is 0 Å². The van der Waals surface area contributed by atoms with E-state index in [0.717, 1.165) is 6.54 Å². The van der Waals surface area contributed by atoms with Crippen molar-refractivity contribution in [2.24, 2.45) is 11.8 Å². The van der Waals surface area contributed by atoms with E-state index in [1.165, 1.54) is 25.7 Å². The molecular formula is C14H24N2O2. The van der Waals surface area contributed by atoms with Crippen molar-refractivity contribution >= 4 is 11.8 Å². The van der Waals surface area contributed by atoms with Crippen LogP contribution in [0.1, 0.15) is 46.5 Å². The molecule has 1 saturated heterocycles. The van der Waals surface area contributed by atoms with Crippen LogP contribution < -0.4 is 5.32 Å². The van der Waals surface area contributed by atoms with Crippen molar-refractivity contribution in [1.29, 1.82) is 0 Å². The summed E-state index contributed by atoms with van der Waals surface area (Å²) in [7, 11) is 0. The van der Waals surface area contributed by atoms with E-state index in [1.807, 2.05) is 20.8 Å². The number of carbonyl (C=O) groups excluding carboxylic acids is 2. The van der Waals surface area contributed by atoms with Crippen LogP contribution in [-0.4, -0.2) is 35.3 Å². The van der Waals surface area contributed by atoms with Gasteiger partial charge in [0.2, 0.25) is 11.8 Å². The number of hydrogen-bond donors (Lipinski definition) is 1. The Kier molecular flexibility index (Phi) is 3.93. The molecule has 0 spiro atoms. The van der Waals surface area contributed by atoms with Gasteiger partial charge in [-0.05, 0) is 31.6 Å². The van der Waals surface area contributed by atoms with E-state index in [4.69, 9.17) is 0 Å². The molecule has 1 heterocycles. The molecule has 18 heavy (non-hydrogen) atoms. The maximum absolute atomic E-state index is 12.4. The molecule has 2 unspecified atom stereocenters. The van der Waals surface area contributed by atoms with E-state index in [1.54, 1.807) is 4.90 Å². The second kappa shape index (κ2) is 5.29. The highest BCUT2D eigenvalue weighted by atomic mass is 16.2. The van der Waals surface area contributed by atoms with Crippen molar-refractivity contribution in [3.63, 3.8) is 0 Å². The van der Waals surface area contributed by atoms with Crippen molar-refractivity contribution in [3.8, 4) is 0 Å². The summed E-state index contributed by atoms with van der Waals surface area (Å²) in [5.74, 6) is 0.838. The minimum absolute atomic E-state index is 0.00806. The van der Waals surface area contributed by atoms with Crippen molar-refractivity contribution in [2.45, 2.75) is 58.5 Å². The monoisotopic (exact) mass is 252 g/mol. The van der Waals surface area contributed by atoms with Crippen LogP contribution in [0, 0.1) is 11.8 Å². The first kappa shape index (κ1) is 13.4. The zero-order chi connectivity index (χ0) is 13.3. The third-order valence-corrected chi connectivity index (χ3v) is 4.29. The predicted octanol–water partition coefficient (Wildman–Crippen LogP) is 1.55. The number of carbonyl (C=O) groups is 2. The van der Waals surface area contributed by atoms with E-state index < -0.39 is 0 Å². The van der Waals surface area contributed by atoms with Crippen LogP contribution in [0.3, 0.4) is 0 Å². The third-order valence-electron chi connectivity index (χ3n) is 4.29. The minimum atomic E-state index is -0.338. The largest absolute Gasteiger partial charge is 0.342 e. The number of nitrogens with one attached hydrogen (secondary N) is 1. The van der Waals surface area contributed by atoms with Crippen LogP contribution in [0.4, 0.5) is 0 Å². The number of piperazine rings is 1. The first-order valence-electron chi connectivity index (χ1n) is 7.11. The van der Waals surface area contributed by atoms with Crippen LogP contribution in [-0.2, 0) is 9.59 Å². The van der Waals surface area contributed by atoms with E-state index in [9.17, 15) is 9.59 Å². The van der Waals surface area contributed by atoms with Gasteiger partial charge in [0.25, 0.3) is 0 Å². The van der Waals surface area contributed by atoms with Gasteiger partial charge in [0.15, 0.2) is 0 Å². The average molecular weight is 252 g/mol. The summed E-state index contributed by atoms with van der Waals surface area (Å²) < 4.78 is 0. The molecule has 0 radical (unpaired) electrons. The summed E-state index contributed by atoms with van der Waals surface area (Å²) in [5, 5.41) is 2.84. The molecule has 0 aromatic carbocycles. The maximum Gasteiger partial charge on any atom is 0.246 e. The summed E-state index contributed by atoms with van der Waals surface area (Å²) in [4.78, 5) is 26.2. The molecule has 2 amide bonds. The van der Waals surface area contributed by atoms with Gasteiger partial charge >= 0.3 is 0 Å². The summed E-state index contributed by atoms with van der Waals surface area (Å²) in [6.07, 6.45) is 4.93. The summed E-state index contributed by atoms with van der Waals surface area (Å²) in [5.41, 5.74) is 0. The number of amides is 2. The topological polar surface area (TPSA) is 49.4 Å². The normalized spacial score (nSPS) is 30.1. The molecule has 1 aliphatic heterocycles. The molecule has 102 valence electrons. The van der Waals surface area contributed by atoms with Gasteiger partial charge in [-0.3, -0.25) is 9.59 Å². The highest BCUT2D eigenvalue weighted by Crippen LogP contribution is 2.27. The number of nitrogens with zero attached hydrogens (tertiary/aromatic N) is 1. The van der Waals surface area contributed by atoms with Crippen molar-refractivity contribution in [2.75, 3.05) is 6.54 Å². The molecule has 2 atom stereocenters. The lowest BCUT2D eigenvalue weighted by atomic mass is 9.96. The fourth-order valence-electron chi connectivity index (χ4n) is 3.02. The van der Waals surface area contributed by atoms with Crippen LogP contribution in [0.2, 0.25) is 0 Å². The molecule has 1 N–H and O–H groups in total. The molecule has 1 saturated carbocycles. The first-order chi connectivity index (χ1) is 8.50. The van der Waals surface area contributed by atoms with E-state index in [0.29, 0.717) is 5.92 Å². The highest BCUT2D eigenvalue weighted by molar-refractivity contribution is 5.96. The second-order valence-electron chi connectivity index (χ2n) is 6.05. The smallest absolute Gasteiger partial charge is 0.246 e. The zero-order valence-corrected chi connectivity index (χ0v) is 11.6. The van der Waals surface area contributed by atoms with Gasteiger partial charge in [0.1, 0.15) is 12.1 Å². The maximum atomic E-state index is 12.4. The quantitative estimate of drug-likeness (QED) is 0.828. The first-order valence-corrected chi connectivity index (χ1v) is 7.11. The third kappa shape index (κ3) is 2.52. The Morgan fingerprint density at radius 2 is 1.89 bits per heavy atom. The molecule has 2 fully saturated rings. The Hall–Kier alpha value is -1.06. The number of hydrogen-bond acceptors (Lipinski definition) is 2. The molecule has 1 aliphatic carbocycles. The molecule has 0 aromatic heterocycles. The lowest BCUT2D eigenvalue weighted by Crippen LogP contribution is -2.64. The van der Waals surface area contributed by atoms with Crippen molar-refractivity contribution < 1.29 is 9.59 Å². The van der Waals surface area contributed by atoms with Crippen molar-refractivity contribution in [3.05, 3.63) is 0 Å². The van der Waals surface area contributed by atoms with Gasteiger partial charge < -0.3 is 10.2 Å². The lowest BCUT2D eigenvalue weighted by Gasteiger charge is -2.40. The van der Waals surface area contributed by atoms with Gasteiger partial charge in [-0.15, -0.1) is 0 Å². The SMILES string of the molecule is CC(C)C1NC(=O)C(C)N(CC2CCCC2)C1=O. The predicted molar refractivity (Wildman–Crippen MR) is 69.9 cm³/mol. The second-order valence-corrected chi connectivity index (χ2v) is 6.05. The Bertz CT molecular complexity index is 335. The molecule has 2 aliphatic rings. The zero-order valence-electron chi connectivity index (χ0n) is 11.6. The summed E-state index contributed by atoms with van der Waals surface area (Å²) in [6, 6.07) is -0.650. The van der Waals surface area contributed by atoms with Crippen molar-refractivity contribution in [1.82, 2.24) is 10.2 Å². The van der Waals surface area contributed by atoms with E-state index in [-0.39, 0.29) is 29.8 Å².